The van der Waals surface area contributed by atoms with Gasteiger partial charge in [0, 0.05) is 27.5 Å². The van der Waals surface area contributed by atoms with Gasteiger partial charge in [-0.1, -0.05) is 140 Å². The Morgan fingerprint density at radius 2 is 0.824 bits per heavy atom. The Hall–Kier alpha value is -6.98. The Morgan fingerprint density at radius 1 is 0.314 bits per heavy atom. The first kappa shape index (κ1) is 27.9. The van der Waals surface area contributed by atoms with E-state index >= 15 is 0 Å². The number of hydrogen-bond donors (Lipinski definition) is 0. The predicted octanol–water partition coefficient (Wildman–Crippen LogP) is 11.4. The smallest absolute Gasteiger partial charge is 0.166 e. The van der Waals surface area contributed by atoms with Gasteiger partial charge < -0.3 is 0 Å². The monoisotopic (exact) mass is 649 g/mol. The number of fused-ring (bicyclic) bond motifs is 14. The number of hydrogen-bond acceptors (Lipinski definition) is 4. The van der Waals surface area contributed by atoms with Crippen molar-refractivity contribution in [2.75, 3.05) is 0 Å². The molecule has 3 aromatic heterocycles. The first-order chi connectivity index (χ1) is 25.3. The van der Waals surface area contributed by atoms with E-state index in [0.717, 1.165) is 44.3 Å². The summed E-state index contributed by atoms with van der Waals surface area (Å²) in [5.41, 5.74) is 6.62. The van der Waals surface area contributed by atoms with Crippen LogP contribution in [0.25, 0.3) is 105 Å². The Labute approximate surface area is 292 Å². The zero-order valence-electron chi connectivity index (χ0n) is 27.3. The maximum Gasteiger partial charge on any atom is 0.166 e. The molecule has 0 aliphatic carbocycles. The van der Waals surface area contributed by atoms with Crippen molar-refractivity contribution in [3.05, 3.63) is 164 Å². The minimum atomic E-state index is 0.588. The van der Waals surface area contributed by atoms with Crippen LogP contribution in [-0.2, 0) is 0 Å². The molecule has 51 heavy (non-hydrogen) atoms. The molecule has 11 aromatic rings. The number of nitrogens with zero attached hydrogens (tertiary/aromatic N) is 5. The van der Waals surface area contributed by atoms with Crippen molar-refractivity contribution in [3.63, 3.8) is 0 Å². The lowest BCUT2D eigenvalue weighted by Crippen LogP contribution is -2.00. The van der Waals surface area contributed by atoms with E-state index in [1.54, 1.807) is 0 Å². The van der Waals surface area contributed by atoms with Crippen molar-refractivity contribution in [3.8, 4) is 34.2 Å². The first-order valence-corrected chi connectivity index (χ1v) is 17.2. The Bertz CT molecular complexity index is 3160. The maximum atomic E-state index is 5.34. The van der Waals surface area contributed by atoms with Gasteiger partial charge in [-0.05, 0) is 62.0 Å². The summed E-state index contributed by atoms with van der Waals surface area (Å²) in [6, 6.07) is 57.4. The molecule has 0 spiro atoms. The maximum absolute atomic E-state index is 5.34. The fourth-order valence-corrected chi connectivity index (χ4v) is 7.90. The quantitative estimate of drug-likeness (QED) is 0.179. The number of benzene rings is 8. The summed E-state index contributed by atoms with van der Waals surface area (Å²) in [5.74, 6) is 1.83. The summed E-state index contributed by atoms with van der Waals surface area (Å²) in [4.78, 5) is 20.8. The van der Waals surface area contributed by atoms with Gasteiger partial charge in [0.2, 0.25) is 0 Å². The topological polar surface area (TPSA) is 56.0 Å². The molecule has 0 aliphatic heterocycles. The summed E-state index contributed by atoms with van der Waals surface area (Å²) in [7, 11) is 0. The molecule has 3 heterocycles. The molecule has 5 heteroatoms. The molecule has 0 bridgehead atoms. The predicted molar refractivity (Wildman–Crippen MR) is 210 cm³/mol. The molecule has 0 fully saturated rings. The van der Waals surface area contributed by atoms with Crippen molar-refractivity contribution < 1.29 is 0 Å². The second-order valence-electron chi connectivity index (χ2n) is 13.0. The molecule has 0 saturated carbocycles. The van der Waals surface area contributed by atoms with E-state index in [2.05, 4.69) is 138 Å². The average Bonchev–Trinajstić information content (AvgIpc) is 3.62. The molecule has 8 aromatic carbocycles. The number of pyridine rings is 1. The van der Waals surface area contributed by atoms with Crippen LogP contribution in [0.2, 0.25) is 0 Å². The lowest BCUT2D eigenvalue weighted by atomic mass is 9.93. The van der Waals surface area contributed by atoms with E-state index in [1.165, 1.54) is 43.1 Å². The van der Waals surface area contributed by atoms with Gasteiger partial charge in [0.15, 0.2) is 17.5 Å². The van der Waals surface area contributed by atoms with Gasteiger partial charge in [0.1, 0.15) is 11.2 Å². The van der Waals surface area contributed by atoms with Crippen LogP contribution >= 0.6 is 0 Å². The molecule has 0 amide bonds. The molecule has 0 N–H and O–H groups in total. The Kier molecular flexibility index (Phi) is 5.89. The van der Waals surface area contributed by atoms with E-state index in [-0.39, 0.29) is 0 Å². The molecule has 236 valence electrons. The van der Waals surface area contributed by atoms with Crippen LogP contribution in [0.5, 0.6) is 0 Å². The minimum absolute atomic E-state index is 0.588. The number of para-hydroxylation sites is 2. The standard InChI is InChI=1S/C46H27N5/c1-2-13-28(14-3-1)43-48-44(29-25-26-35-32-17-5-4-15-30(32)31-16-6-7-18-33(31)39(35)27-29)50-45(49-43)38-22-12-24-41-42(38)47-46-37-21-9-8-19-34(37)36-20-10-11-23-40(36)51(41)46/h1-27H. The molecule has 5 nitrogen and oxygen atoms in total. The molecule has 11 rings (SSSR count). The Morgan fingerprint density at radius 3 is 1.53 bits per heavy atom. The van der Waals surface area contributed by atoms with Crippen LogP contribution in [0, 0.1) is 0 Å². The number of aromatic nitrogens is 5. The molecule has 0 atom stereocenters. The number of imidazole rings is 1. The fourth-order valence-electron chi connectivity index (χ4n) is 7.90. The number of rotatable bonds is 3. The van der Waals surface area contributed by atoms with Crippen molar-refractivity contribution in [1.29, 1.82) is 0 Å². The largest absolute Gasteiger partial charge is 0.292 e. The molecular weight excluding hydrogens is 623 g/mol. The van der Waals surface area contributed by atoms with Crippen LogP contribution in [0.15, 0.2) is 164 Å². The van der Waals surface area contributed by atoms with Crippen LogP contribution in [0.3, 0.4) is 0 Å². The molecule has 0 aliphatic rings. The van der Waals surface area contributed by atoms with E-state index in [0.29, 0.717) is 17.5 Å². The minimum Gasteiger partial charge on any atom is -0.292 e. The molecule has 0 unspecified atom stereocenters. The molecule has 0 saturated heterocycles. The van der Waals surface area contributed by atoms with Gasteiger partial charge >= 0.3 is 0 Å². The average molecular weight is 650 g/mol. The summed E-state index contributed by atoms with van der Waals surface area (Å²) in [6.07, 6.45) is 0. The van der Waals surface area contributed by atoms with Gasteiger partial charge in [0.05, 0.1) is 11.0 Å². The highest BCUT2D eigenvalue weighted by molar-refractivity contribution is 6.25. The molecular formula is C46H27N5. The van der Waals surface area contributed by atoms with Crippen molar-refractivity contribution in [1.82, 2.24) is 24.3 Å². The van der Waals surface area contributed by atoms with Gasteiger partial charge in [-0.25, -0.2) is 19.9 Å². The summed E-state index contributed by atoms with van der Waals surface area (Å²) < 4.78 is 2.27. The van der Waals surface area contributed by atoms with Gasteiger partial charge in [-0.2, -0.15) is 0 Å². The second kappa shape index (κ2) is 10.8. The van der Waals surface area contributed by atoms with Crippen molar-refractivity contribution in [2.24, 2.45) is 0 Å². The van der Waals surface area contributed by atoms with Crippen molar-refractivity contribution in [2.45, 2.75) is 0 Å². The van der Waals surface area contributed by atoms with E-state index in [1.807, 2.05) is 30.3 Å². The zero-order chi connectivity index (χ0) is 33.5. The third-order valence-electron chi connectivity index (χ3n) is 10.2. The highest BCUT2D eigenvalue weighted by atomic mass is 15.1. The zero-order valence-corrected chi connectivity index (χ0v) is 27.3. The lowest BCUT2D eigenvalue weighted by Gasteiger charge is -2.12. The van der Waals surface area contributed by atoms with Gasteiger partial charge in [0.25, 0.3) is 0 Å². The SMILES string of the molecule is c1ccc(-c2nc(-c3ccc4c5ccccc5c5ccccc5c4c3)nc(-c3cccc4c3nc3c5ccccc5c5ccccc5n43)n2)cc1. The summed E-state index contributed by atoms with van der Waals surface area (Å²) >= 11 is 0. The first-order valence-electron chi connectivity index (χ1n) is 17.2. The van der Waals surface area contributed by atoms with Crippen LogP contribution in [-0.4, -0.2) is 24.3 Å². The highest BCUT2D eigenvalue weighted by Crippen LogP contribution is 2.38. The van der Waals surface area contributed by atoms with Crippen molar-refractivity contribution >= 4 is 70.7 Å². The summed E-state index contributed by atoms with van der Waals surface area (Å²) in [5, 5.41) is 10.8. The van der Waals surface area contributed by atoms with E-state index < -0.39 is 0 Å². The van der Waals surface area contributed by atoms with E-state index in [9.17, 15) is 0 Å². The van der Waals surface area contributed by atoms with Crippen LogP contribution in [0.4, 0.5) is 0 Å². The third kappa shape index (κ3) is 4.15. The Balaban J connectivity index is 1.20. The van der Waals surface area contributed by atoms with Gasteiger partial charge in [-0.15, -0.1) is 0 Å². The fraction of sp³-hybridized carbons (Fsp3) is 0. The third-order valence-corrected chi connectivity index (χ3v) is 10.2. The van der Waals surface area contributed by atoms with Crippen LogP contribution in [0.1, 0.15) is 0 Å². The summed E-state index contributed by atoms with van der Waals surface area (Å²) in [6.45, 7) is 0. The highest BCUT2D eigenvalue weighted by Gasteiger charge is 2.20. The van der Waals surface area contributed by atoms with Crippen LogP contribution < -0.4 is 0 Å². The van der Waals surface area contributed by atoms with Gasteiger partial charge in [-0.3, -0.25) is 4.40 Å². The molecule has 0 radical (unpaired) electrons. The lowest BCUT2D eigenvalue weighted by molar-refractivity contribution is 1.08. The normalized spacial score (nSPS) is 11.9. The van der Waals surface area contributed by atoms with E-state index in [4.69, 9.17) is 19.9 Å². The second-order valence-corrected chi connectivity index (χ2v) is 13.0.